The van der Waals surface area contributed by atoms with Gasteiger partial charge in [0, 0.05) is 18.3 Å². The van der Waals surface area contributed by atoms with Gasteiger partial charge < -0.3 is 14.8 Å². The molecule has 2 aliphatic rings. The molecule has 0 saturated carbocycles. The predicted octanol–water partition coefficient (Wildman–Crippen LogP) is 4.50. The third kappa shape index (κ3) is 5.17. The topological polar surface area (TPSA) is 92.6 Å². The number of ether oxygens (including phenoxy) is 2. The maximum atomic E-state index is 12.8. The number of fused-ring (bicyclic) bond motifs is 1. The van der Waals surface area contributed by atoms with Crippen molar-refractivity contribution in [1.29, 1.82) is 0 Å². The van der Waals surface area contributed by atoms with E-state index in [1.165, 1.54) is 4.90 Å². The summed E-state index contributed by atoms with van der Waals surface area (Å²) in [4.78, 5) is 35.6. The molecule has 1 atom stereocenters. The van der Waals surface area contributed by atoms with E-state index in [2.05, 4.69) is 15.3 Å². The molecule has 1 aliphatic heterocycles. The van der Waals surface area contributed by atoms with Gasteiger partial charge in [0.15, 0.2) is 0 Å². The minimum atomic E-state index is -0.579. The van der Waals surface area contributed by atoms with Gasteiger partial charge in [-0.25, -0.2) is 9.59 Å². The largest absolute Gasteiger partial charge is 0.497 e. The molecule has 1 unspecified atom stereocenters. The number of hydrogen-bond donors (Lipinski definition) is 1. The smallest absolute Gasteiger partial charge is 0.349 e. The number of hydrogen-bond acceptors (Lipinski definition) is 4. The molecule has 0 bridgehead atoms. The number of nitrogens with one attached hydrogen (secondary N) is 1. The Bertz CT molecular complexity index is 1170. The van der Waals surface area contributed by atoms with Gasteiger partial charge in [-0.15, -0.1) is 0 Å². The van der Waals surface area contributed by atoms with Gasteiger partial charge >= 0.3 is 12.1 Å². The second kappa shape index (κ2) is 9.95. The van der Waals surface area contributed by atoms with Crippen LogP contribution >= 0.6 is 0 Å². The van der Waals surface area contributed by atoms with Crippen LogP contribution in [0.4, 0.5) is 15.3 Å². The Morgan fingerprint density at radius 3 is 2.64 bits per heavy atom. The molecule has 33 heavy (non-hydrogen) atoms. The predicted molar refractivity (Wildman–Crippen MR) is 127 cm³/mol. The van der Waals surface area contributed by atoms with Crippen molar-refractivity contribution in [2.75, 3.05) is 26.1 Å². The third-order valence-electron chi connectivity index (χ3n) is 5.33. The zero-order chi connectivity index (χ0) is 23.2. The van der Waals surface area contributed by atoms with Crippen molar-refractivity contribution in [1.82, 2.24) is 4.90 Å². The normalized spacial score (nSPS) is 18.1. The number of carbonyl (C=O) groups excluding carboxylic acids is 2. The second-order valence-electron chi connectivity index (χ2n) is 7.42. The summed E-state index contributed by atoms with van der Waals surface area (Å²) in [5, 5.41) is 2.74. The van der Waals surface area contributed by atoms with Crippen LogP contribution in [0.15, 0.2) is 82.8 Å². The highest BCUT2D eigenvalue weighted by molar-refractivity contribution is 6.24. The summed E-state index contributed by atoms with van der Waals surface area (Å²) in [6, 6.07) is 13.6. The summed E-state index contributed by atoms with van der Waals surface area (Å²) in [5.74, 6) is 1.35. The fourth-order valence-corrected chi connectivity index (χ4v) is 3.62. The van der Waals surface area contributed by atoms with Crippen LogP contribution in [-0.4, -0.2) is 49.3 Å². The number of carbonyl (C=O) groups is 2. The molecule has 168 valence electrons. The Kier molecular flexibility index (Phi) is 6.64. The monoisotopic (exact) mass is 444 g/mol. The maximum absolute atomic E-state index is 12.8. The van der Waals surface area contributed by atoms with Gasteiger partial charge in [-0.2, -0.15) is 9.98 Å². The van der Waals surface area contributed by atoms with Crippen LogP contribution in [0.1, 0.15) is 5.56 Å². The standard InChI is InChI=1S/C25H24N4O4/c1-32-19-12-10-17(11-13-19)14-15-29-23(21-8-3-4-9-22(21)27-25(29)31)28-24(30)26-18-6-5-7-20(16-18)33-2/h3-13,16,21H,14-15H2,1-2H3,(H,26,30)/b28-23-. The number of anilines is 1. The fourth-order valence-electron chi connectivity index (χ4n) is 3.62. The molecule has 1 aliphatic carbocycles. The van der Waals surface area contributed by atoms with E-state index >= 15 is 0 Å². The van der Waals surface area contributed by atoms with E-state index < -0.39 is 12.1 Å². The molecule has 0 radical (unpaired) electrons. The van der Waals surface area contributed by atoms with Crippen LogP contribution in [-0.2, 0) is 6.42 Å². The number of allylic oxidation sites excluding steroid dienone is 3. The number of benzene rings is 2. The summed E-state index contributed by atoms with van der Waals surface area (Å²) in [7, 11) is 3.17. The zero-order valence-electron chi connectivity index (χ0n) is 18.4. The van der Waals surface area contributed by atoms with E-state index in [0.29, 0.717) is 35.9 Å². The maximum Gasteiger partial charge on any atom is 0.349 e. The first-order chi connectivity index (χ1) is 16.1. The fraction of sp³-hybridized carbons (Fsp3) is 0.200. The number of rotatable bonds is 6. The molecule has 0 saturated heterocycles. The molecule has 0 spiro atoms. The average molecular weight is 444 g/mol. The SMILES string of the molecule is COc1ccc(CCN2C(=O)N=C3C=CC=CC3/C2=N/C(=O)Nc2cccc(OC)c2)cc1. The summed E-state index contributed by atoms with van der Waals surface area (Å²) >= 11 is 0. The number of amides is 4. The van der Waals surface area contributed by atoms with E-state index in [-0.39, 0.29) is 5.92 Å². The number of amidine groups is 1. The van der Waals surface area contributed by atoms with Crippen molar-refractivity contribution in [2.24, 2.45) is 15.9 Å². The Hall–Kier alpha value is -4.20. The van der Waals surface area contributed by atoms with Crippen molar-refractivity contribution >= 4 is 29.3 Å². The van der Waals surface area contributed by atoms with Crippen molar-refractivity contribution < 1.29 is 19.1 Å². The van der Waals surface area contributed by atoms with E-state index in [0.717, 1.165) is 11.3 Å². The van der Waals surface area contributed by atoms with Gasteiger partial charge in [0.2, 0.25) is 0 Å². The molecular weight excluding hydrogens is 420 g/mol. The van der Waals surface area contributed by atoms with Crippen LogP contribution in [0, 0.1) is 5.92 Å². The lowest BCUT2D eigenvalue weighted by atomic mass is 9.94. The summed E-state index contributed by atoms with van der Waals surface area (Å²) < 4.78 is 10.4. The van der Waals surface area contributed by atoms with Gasteiger partial charge in [-0.1, -0.05) is 36.4 Å². The van der Waals surface area contributed by atoms with Crippen molar-refractivity contribution in [2.45, 2.75) is 6.42 Å². The first kappa shape index (κ1) is 22.0. The lowest BCUT2D eigenvalue weighted by Crippen LogP contribution is -2.47. The van der Waals surface area contributed by atoms with Gasteiger partial charge in [0.25, 0.3) is 0 Å². The number of aliphatic imine (C=N–C) groups is 2. The summed E-state index contributed by atoms with van der Waals surface area (Å²) in [6.07, 6.45) is 7.88. The Morgan fingerprint density at radius 1 is 1.09 bits per heavy atom. The number of methoxy groups -OCH3 is 2. The van der Waals surface area contributed by atoms with Crippen LogP contribution in [0.3, 0.4) is 0 Å². The summed E-state index contributed by atoms with van der Waals surface area (Å²) in [6.45, 7) is 0.335. The molecule has 1 heterocycles. The minimum absolute atomic E-state index is 0.335. The molecule has 8 heteroatoms. The highest BCUT2D eigenvalue weighted by Gasteiger charge is 2.34. The highest BCUT2D eigenvalue weighted by Crippen LogP contribution is 2.23. The molecule has 2 aromatic carbocycles. The first-order valence-corrected chi connectivity index (χ1v) is 10.5. The van der Waals surface area contributed by atoms with Gasteiger partial charge in [0.1, 0.15) is 17.3 Å². The zero-order valence-corrected chi connectivity index (χ0v) is 18.4. The van der Waals surface area contributed by atoms with Crippen LogP contribution < -0.4 is 14.8 Å². The minimum Gasteiger partial charge on any atom is -0.497 e. The molecule has 8 nitrogen and oxygen atoms in total. The van der Waals surface area contributed by atoms with Gasteiger partial charge in [0.05, 0.1) is 25.8 Å². The second-order valence-corrected chi connectivity index (χ2v) is 7.42. The third-order valence-corrected chi connectivity index (χ3v) is 5.33. The molecular formula is C25H24N4O4. The Balaban J connectivity index is 1.58. The van der Waals surface area contributed by atoms with E-state index in [1.807, 2.05) is 42.5 Å². The average Bonchev–Trinajstić information content (AvgIpc) is 2.84. The van der Waals surface area contributed by atoms with Crippen LogP contribution in [0.5, 0.6) is 11.5 Å². The first-order valence-electron chi connectivity index (χ1n) is 10.5. The quantitative estimate of drug-likeness (QED) is 0.710. The van der Waals surface area contributed by atoms with Gasteiger partial charge in [-0.05, 0) is 42.3 Å². The molecule has 4 amide bonds. The number of nitrogens with zero attached hydrogens (tertiary/aromatic N) is 3. The van der Waals surface area contributed by atoms with E-state index in [4.69, 9.17) is 9.47 Å². The van der Waals surface area contributed by atoms with Crippen molar-refractivity contribution in [3.05, 3.63) is 78.4 Å². The highest BCUT2D eigenvalue weighted by atomic mass is 16.5. The molecule has 1 N–H and O–H groups in total. The molecule has 0 fully saturated rings. The lowest BCUT2D eigenvalue weighted by Gasteiger charge is -2.31. The van der Waals surface area contributed by atoms with Crippen LogP contribution in [0.25, 0.3) is 0 Å². The van der Waals surface area contributed by atoms with Gasteiger partial charge in [-0.3, -0.25) is 4.90 Å². The Morgan fingerprint density at radius 2 is 1.88 bits per heavy atom. The summed E-state index contributed by atoms with van der Waals surface area (Å²) in [5.41, 5.74) is 2.14. The van der Waals surface area contributed by atoms with E-state index in [1.54, 1.807) is 44.6 Å². The molecule has 0 aromatic heterocycles. The lowest BCUT2D eigenvalue weighted by molar-refractivity contribution is 0.228. The van der Waals surface area contributed by atoms with Crippen LogP contribution in [0.2, 0.25) is 0 Å². The Labute approximate surface area is 191 Å². The molecule has 4 rings (SSSR count). The number of urea groups is 2. The molecule has 2 aromatic rings. The van der Waals surface area contributed by atoms with Crippen molar-refractivity contribution in [3.63, 3.8) is 0 Å². The van der Waals surface area contributed by atoms with E-state index in [9.17, 15) is 9.59 Å². The van der Waals surface area contributed by atoms with Crippen molar-refractivity contribution in [3.8, 4) is 11.5 Å².